The second kappa shape index (κ2) is 6.14. The zero-order valence-electron chi connectivity index (χ0n) is 10.6. The van der Waals surface area contributed by atoms with Crippen molar-refractivity contribution in [3.63, 3.8) is 0 Å². The Labute approximate surface area is 106 Å². The Hall–Kier alpha value is -1.91. The quantitative estimate of drug-likeness (QED) is 0.796. The van der Waals surface area contributed by atoms with Crippen LogP contribution in [0.2, 0.25) is 0 Å². The van der Waals surface area contributed by atoms with Crippen molar-refractivity contribution in [1.29, 1.82) is 0 Å². The molecule has 0 bridgehead atoms. The summed E-state index contributed by atoms with van der Waals surface area (Å²) in [5, 5.41) is 11.7. The topological polar surface area (TPSA) is 79.3 Å². The van der Waals surface area contributed by atoms with Crippen molar-refractivity contribution in [2.75, 3.05) is 6.54 Å². The van der Waals surface area contributed by atoms with Crippen molar-refractivity contribution >= 4 is 11.9 Å². The third kappa shape index (κ3) is 3.84. The molecule has 5 nitrogen and oxygen atoms in total. The van der Waals surface area contributed by atoms with E-state index >= 15 is 0 Å². The molecule has 0 saturated carbocycles. The van der Waals surface area contributed by atoms with Gasteiger partial charge in [0.15, 0.2) is 0 Å². The highest BCUT2D eigenvalue weighted by molar-refractivity contribution is 5.80. The van der Waals surface area contributed by atoms with Gasteiger partial charge in [-0.3, -0.25) is 14.6 Å². The van der Waals surface area contributed by atoms with E-state index in [-0.39, 0.29) is 18.9 Å². The molecule has 1 amide bonds. The van der Waals surface area contributed by atoms with E-state index in [0.29, 0.717) is 12.1 Å². The molecule has 1 heterocycles. The number of pyridine rings is 1. The summed E-state index contributed by atoms with van der Waals surface area (Å²) in [5.74, 6) is -1.11. The van der Waals surface area contributed by atoms with Gasteiger partial charge in [0.1, 0.15) is 0 Å². The lowest BCUT2D eigenvalue weighted by atomic mass is 9.87. The first-order valence-corrected chi connectivity index (χ1v) is 5.88. The Morgan fingerprint density at radius 3 is 2.67 bits per heavy atom. The second-order valence-corrected chi connectivity index (χ2v) is 4.49. The number of hydrogen-bond acceptors (Lipinski definition) is 3. The van der Waals surface area contributed by atoms with Crippen LogP contribution in [0.5, 0.6) is 0 Å². The van der Waals surface area contributed by atoms with Crippen molar-refractivity contribution in [2.45, 2.75) is 26.7 Å². The number of hydrogen-bond donors (Lipinski definition) is 2. The van der Waals surface area contributed by atoms with Crippen LogP contribution < -0.4 is 5.32 Å². The van der Waals surface area contributed by atoms with E-state index in [1.54, 1.807) is 32.2 Å². The zero-order chi connectivity index (χ0) is 13.6. The minimum Gasteiger partial charge on any atom is -0.481 e. The molecule has 98 valence electrons. The number of nitrogens with zero attached hydrogens (tertiary/aromatic N) is 1. The first-order chi connectivity index (χ1) is 8.48. The molecule has 1 unspecified atom stereocenters. The summed E-state index contributed by atoms with van der Waals surface area (Å²) in [6.45, 7) is 3.54. The van der Waals surface area contributed by atoms with Gasteiger partial charge in [-0.05, 0) is 25.5 Å². The lowest BCUT2D eigenvalue weighted by Gasteiger charge is -2.23. The van der Waals surface area contributed by atoms with Crippen LogP contribution in [0.3, 0.4) is 0 Å². The maximum atomic E-state index is 11.7. The fourth-order valence-electron chi connectivity index (χ4n) is 1.38. The first-order valence-electron chi connectivity index (χ1n) is 5.88. The highest BCUT2D eigenvalue weighted by Crippen LogP contribution is 2.19. The molecule has 0 fully saturated rings. The lowest BCUT2D eigenvalue weighted by Crippen LogP contribution is -2.41. The molecule has 0 aliphatic rings. The number of aromatic nitrogens is 1. The second-order valence-electron chi connectivity index (χ2n) is 4.49. The number of nitrogens with one attached hydrogen (secondary N) is 1. The van der Waals surface area contributed by atoms with Crippen LogP contribution in [0.15, 0.2) is 24.4 Å². The predicted molar refractivity (Wildman–Crippen MR) is 67.0 cm³/mol. The molecule has 0 spiro atoms. The van der Waals surface area contributed by atoms with Crippen LogP contribution in [-0.2, 0) is 16.0 Å². The van der Waals surface area contributed by atoms with Crippen LogP contribution in [-0.4, -0.2) is 28.5 Å². The Kier molecular flexibility index (Phi) is 4.83. The molecule has 0 radical (unpaired) electrons. The van der Waals surface area contributed by atoms with E-state index in [1.165, 1.54) is 0 Å². The Morgan fingerprint density at radius 1 is 1.44 bits per heavy atom. The molecule has 0 aromatic carbocycles. The van der Waals surface area contributed by atoms with Crippen LogP contribution in [0, 0.1) is 5.41 Å². The van der Waals surface area contributed by atoms with Gasteiger partial charge < -0.3 is 10.4 Å². The van der Waals surface area contributed by atoms with Crippen molar-refractivity contribution in [1.82, 2.24) is 10.3 Å². The van der Waals surface area contributed by atoms with Crippen molar-refractivity contribution in [3.8, 4) is 0 Å². The molecule has 0 aliphatic carbocycles. The monoisotopic (exact) mass is 250 g/mol. The standard InChI is InChI=1S/C13H18N2O3/c1-3-13(2,12(17)18)9-15-11(16)8-10-6-4-5-7-14-10/h4-7H,3,8-9H2,1-2H3,(H,15,16)(H,17,18). The van der Waals surface area contributed by atoms with Gasteiger partial charge in [-0.25, -0.2) is 0 Å². The molecule has 1 aromatic rings. The number of carboxylic acids is 1. The van der Waals surface area contributed by atoms with Gasteiger partial charge in [-0.15, -0.1) is 0 Å². The van der Waals surface area contributed by atoms with E-state index in [4.69, 9.17) is 5.11 Å². The van der Waals surface area contributed by atoms with Gasteiger partial charge in [0, 0.05) is 18.4 Å². The average Bonchev–Trinajstić information content (AvgIpc) is 2.37. The number of aliphatic carboxylic acids is 1. The first kappa shape index (κ1) is 14.2. The van der Waals surface area contributed by atoms with E-state index in [9.17, 15) is 9.59 Å². The van der Waals surface area contributed by atoms with Gasteiger partial charge in [-0.2, -0.15) is 0 Å². The summed E-state index contributed by atoms with van der Waals surface area (Å²) in [6.07, 6.45) is 2.25. The fourth-order valence-corrected chi connectivity index (χ4v) is 1.38. The fraction of sp³-hybridized carbons (Fsp3) is 0.462. The number of carboxylic acid groups (broad SMARTS) is 1. The van der Waals surface area contributed by atoms with Crippen LogP contribution in [0.1, 0.15) is 26.0 Å². The highest BCUT2D eigenvalue weighted by atomic mass is 16.4. The van der Waals surface area contributed by atoms with Gasteiger partial charge in [0.25, 0.3) is 0 Å². The van der Waals surface area contributed by atoms with E-state index in [2.05, 4.69) is 10.3 Å². The smallest absolute Gasteiger partial charge is 0.311 e. The molecule has 1 rings (SSSR count). The number of carbonyl (C=O) groups is 2. The van der Waals surface area contributed by atoms with Gasteiger partial charge in [-0.1, -0.05) is 13.0 Å². The van der Waals surface area contributed by atoms with Gasteiger partial charge in [0.05, 0.1) is 11.8 Å². The predicted octanol–water partition coefficient (Wildman–Crippen LogP) is 1.24. The molecule has 1 aromatic heterocycles. The molecular weight excluding hydrogens is 232 g/mol. The Bertz CT molecular complexity index is 420. The van der Waals surface area contributed by atoms with E-state index in [0.717, 1.165) is 0 Å². The molecule has 2 N–H and O–H groups in total. The molecular formula is C13H18N2O3. The highest BCUT2D eigenvalue weighted by Gasteiger charge is 2.31. The van der Waals surface area contributed by atoms with Crippen LogP contribution in [0.25, 0.3) is 0 Å². The van der Waals surface area contributed by atoms with Gasteiger partial charge in [0.2, 0.25) is 5.91 Å². The molecule has 0 aliphatic heterocycles. The molecule has 18 heavy (non-hydrogen) atoms. The van der Waals surface area contributed by atoms with E-state index < -0.39 is 11.4 Å². The lowest BCUT2D eigenvalue weighted by molar-refractivity contribution is -0.148. The summed E-state index contributed by atoms with van der Waals surface area (Å²) in [4.78, 5) is 26.8. The normalized spacial score (nSPS) is 13.7. The summed E-state index contributed by atoms with van der Waals surface area (Å²) < 4.78 is 0. The third-order valence-corrected chi connectivity index (χ3v) is 3.04. The number of amides is 1. The largest absolute Gasteiger partial charge is 0.481 e. The van der Waals surface area contributed by atoms with Crippen LogP contribution >= 0.6 is 0 Å². The summed E-state index contributed by atoms with van der Waals surface area (Å²) in [5.41, 5.74) is -0.247. The van der Waals surface area contributed by atoms with Crippen LogP contribution in [0.4, 0.5) is 0 Å². The van der Waals surface area contributed by atoms with Gasteiger partial charge >= 0.3 is 5.97 Å². The zero-order valence-corrected chi connectivity index (χ0v) is 10.6. The number of rotatable bonds is 6. The molecule has 5 heteroatoms. The third-order valence-electron chi connectivity index (χ3n) is 3.04. The Balaban J connectivity index is 2.49. The van der Waals surface area contributed by atoms with Crippen molar-refractivity contribution in [3.05, 3.63) is 30.1 Å². The maximum Gasteiger partial charge on any atom is 0.311 e. The van der Waals surface area contributed by atoms with E-state index in [1.807, 2.05) is 6.07 Å². The summed E-state index contributed by atoms with van der Waals surface area (Å²) >= 11 is 0. The summed E-state index contributed by atoms with van der Waals surface area (Å²) in [6, 6.07) is 5.35. The molecule has 1 atom stereocenters. The minimum atomic E-state index is -0.917. The molecule has 0 saturated heterocycles. The SMILES string of the molecule is CCC(C)(CNC(=O)Cc1ccccn1)C(=O)O. The van der Waals surface area contributed by atoms with Crippen molar-refractivity contribution in [2.24, 2.45) is 5.41 Å². The Morgan fingerprint density at radius 2 is 2.17 bits per heavy atom. The van der Waals surface area contributed by atoms with Crippen molar-refractivity contribution < 1.29 is 14.7 Å². The summed E-state index contributed by atoms with van der Waals surface area (Å²) in [7, 11) is 0. The number of carbonyl (C=O) groups excluding carboxylic acids is 1. The maximum absolute atomic E-state index is 11.7. The average molecular weight is 250 g/mol. The minimum absolute atomic E-state index is 0.129.